The van der Waals surface area contributed by atoms with Crippen LogP contribution in [0.1, 0.15) is 0 Å². The number of fused-ring (bicyclic) bond motifs is 5. The molecule has 0 saturated carbocycles. The smallest absolute Gasteiger partial charge is 0.0542 e. The van der Waals surface area contributed by atoms with Crippen molar-refractivity contribution >= 4 is 60.4 Å². The van der Waals surface area contributed by atoms with Crippen LogP contribution >= 0.6 is 0 Å². The molecule has 1 heterocycles. The molecule has 0 radical (unpaired) electrons. The Morgan fingerprint density at radius 2 is 0.690 bits per heavy atom. The molecule has 2 nitrogen and oxygen atoms in total. The van der Waals surface area contributed by atoms with E-state index in [1.165, 1.54) is 76.7 Å². The molecule has 10 aromatic carbocycles. The van der Waals surface area contributed by atoms with Crippen molar-refractivity contribution < 1.29 is 0 Å². The first-order valence-corrected chi connectivity index (χ1v) is 19.9. The van der Waals surface area contributed by atoms with Crippen molar-refractivity contribution in [1.82, 2.24) is 4.57 Å². The van der Waals surface area contributed by atoms with Gasteiger partial charge in [0.15, 0.2) is 0 Å². The average molecular weight is 739 g/mol. The molecule has 0 bridgehead atoms. The lowest BCUT2D eigenvalue weighted by Gasteiger charge is -2.26. The maximum absolute atomic E-state index is 2.40. The summed E-state index contributed by atoms with van der Waals surface area (Å²) in [5.41, 5.74) is 14.1. The minimum atomic E-state index is 1.10. The Balaban J connectivity index is 1.05. The fourth-order valence-corrected chi connectivity index (χ4v) is 8.63. The molecule has 0 aliphatic heterocycles. The van der Waals surface area contributed by atoms with E-state index in [0.29, 0.717) is 0 Å². The fraction of sp³-hybridized carbons (Fsp3) is 0. The van der Waals surface area contributed by atoms with E-state index in [1.54, 1.807) is 0 Å². The molecule has 0 aliphatic rings. The molecule has 0 aliphatic carbocycles. The summed E-state index contributed by atoms with van der Waals surface area (Å²) in [5, 5.41) is 7.34. The van der Waals surface area contributed by atoms with E-state index in [-0.39, 0.29) is 0 Å². The number of anilines is 3. The van der Waals surface area contributed by atoms with Crippen molar-refractivity contribution in [3.05, 3.63) is 231 Å². The van der Waals surface area contributed by atoms with Gasteiger partial charge in [0.2, 0.25) is 0 Å². The van der Waals surface area contributed by atoms with Gasteiger partial charge in [-0.2, -0.15) is 0 Å². The molecule has 0 saturated heterocycles. The topological polar surface area (TPSA) is 8.17 Å². The highest BCUT2D eigenvalue weighted by Gasteiger charge is 2.18. The molecule has 58 heavy (non-hydrogen) atoms. The Labute approximate surface area is 338 Å². The van der Waals surface area contributed by atoms with Crippen molar-refractivity contribution in [3.8, 4) is 39.1 Å². The number of aromatic nitrogens is 1. The summed E-state index contributed by atoms with van der Waals surface area (Å²) in [6.45, 7) is 0. The minimum Gasteiger partial charge on any atom is -0.310 e. The second-order valence-electron chi connectivity index (χ2n) is 15.0. The number of benzene rings is 10. The molecular formula is C56H38N2. The number of hydrogen-bond donors (Lipinski definition) is 0. The number of rotatable bonds is 7. The van der Waals surface area contributed by atoms with Gasteiger partial charge in [-0.1, -0.05) is 152 Å². The van der Waals surface area contributed by atoms with Gasteiger partial charge in [-0.15, -0.1) is 0 Å². The molecule has 11 rings (SSSR count). The van der Waals surface area contributed by atoms with Crippen molar-refractivity contribution in [2.75, 3.05) is 4.90 Å². The Morgan fingerprint density at radius 1 is 0.259 bits per heavy atom. The van der Waals surface area contributed by atoms with Gasteiger partial charge in [-0.25, -0.2) is 0 Å². The number of hydrogen-bond acceptors (Lipinski definition) is 1. The summed E-state index contributed by atoms with van der Waals surface area (Å²) in [6, 6.07) is 83.8. The summed E-state index contributed by atoms with van der Waals surface area (Å²) in [5.74, 6) is 0. The van der Waals surface area contributed by atoms with Crippen molar-refractivity contribution in [3.63, 3.8) is 0 Å². The van der Waals surface area contributed by atoms with Gasteiger partial charge in [-0.3, -0.25) is 0 Å². The van der Waals surface area contributed by atoms with Crippen LogP contribution in [0.3, 0.4) is 0 Å². The molecule has 272 valence electrons. The van der Waals surface area contributed by atoms with Crippen LogP contribution in [0.4, 0.5) is 17.1 Å². The van der Waals surface area contributed by atoms with E-state index in [2.05, 4.69) is 240 Å². The molecule has 0 atom stereocenters. The van der Waals surface area contributed by atoms with Crippen molar-refractivity contribution in [2.45, 2.75) is 0 Å². The van der Waals surface area contributed by atoms with Crippen LogP contribution in [-0.4, -0.2) is 4.57 Å². The molecule has 0 N–H and O–H groups in total. The second-order valence-corrected chi connectivity index (χ2v) is 15.0. The normalized spacial score (nSPS) is 11.4. The average Bonchev–Trinajstić information content (AvgIpc) is 3.63. The zero-order valence-corrected chi connectivity index (χ0v) is 31.8. The second kappa shape index (κ2) is 14.1. The fourth-order valence-electron chi connectivity index (χ4n) is 8.63. The third-order valence-electron chi connectivity index (χ3n) is 11.5. The first-order valence-electron chi connectivity index (χ1n) is 19.9. The van der Waals surface area contributed by atoms with Crippen LogP contribution in [0, 0.1) is 0 Å². The maximum atomic E-state index is 2.40. The largest absolute Gasteiger partial charge is 0.310 e. The number of nitrogens with zero attached hydrogens (tertiary/aromatic N) is 2. The van der Waals surface area contributed by atoms with Gasteiger partial charge in [0.1, 0.15) is 0 Å². The van der Waals surface area contributed by atoms with Gasteiger partial charge in [0, 0.05) is 33.5 Å². The van der Waals surface area contributed by atoms with Gasteiger partial charge >= 0.3 is 0 Å². The Bertz CT molecular complexity index is 3250. The van der Waals surface area contributed by atoms with Crippen molar-refractivity contribution in [1.29, 1.82) is 0 Å². The van der Waals surface area contributed by atoms with Gasteiger partial charge in [0.05, 0.1) is 11.0 Å². The highest BCUT2D eigenvalue weighted by atomic mass is 15.1. The highest BCUT2D eigenvalue weighted by Crippen LogP contribution is 2.41. The molecule has 0 spiro atoms. The quantitative estimate of drug-likeness (QED) is 0.158. The Hall–Kier alpha value is -7.68. The lowest BCUT2D eigenvalue weighted by atomic mass is 9.96. The van der Waals surface area contributed by atoms with Crippen LogP contribution in [0.2, 0.25) is 0 Å². The van der Waals surface area contributed by atoms with E-state index < -0.39 is 0 Å². The highest BCUT2D eigenvalue weighted by molar-refractivity contribution is 6.11. The minimum absolute atomic E-state index is 1.10. The summed E-state index contributed by atoms with van der Waals surface area (Å²) in [4.78, 5) is 2.40. The van der Waals surface area contributed by atoms with E-state index in [9.17, 15) is 0 Å². The Kier molecular flexibility index (Phi) is 8.19. The molecule has 1 aromatic heterocycles. The third kappa shape index (κ3) is 6.00. The standard InChI is InChI=1S/C56H38N2/c1-4-12-39(13-5-1)41-26-29-50(30-27-41)57(52-32-33-56-54(38-52)53-18-10-11-19-55(53)58(56)49-16-8-3-9-17-49)51-31-28-43-22-25-46(36-48(43)37-51)45-24-21-42-20-23-44(34-47(42)35-45)40-14-6-2-7-15-40/h1-38H. The predicted octanol–water partition coefficient (Wildman–Crippen LogP) is 15.6. The van der Waals surface area contributed by atoms with Gasteiger partial charge < -0.3 is 9.47 Å². The first-order chi connectivity index (χ1) is 28.7. The van der Waals surface area contributed by atoms with E-state index in [4.69, 9.17) is 0 Å². The summed E-state index contributed by atoms with van der Waals surface area (Å²) in [6.07, 6.45) is 0. The first kappa shape index (κ1) is 33.6. The predicted molar refractivity (Wildman–Crippen MR) is 247 cm³/mol. The third-order valence-corrected chi connectivity index (χ3v) is 11.5. The maximum Gasteiger partial charge on any atom is 0.0542 e. The summed E-state index contributed by atoms with van der Waals surface area (Å²) >= 11 is 0. The van der Waals surface area contributed by atoms with Crippen LogP contribution in [0.25, 0.3) is 82.4 Å². The lowest BCUT2D eigenvalue weighted by Crippen LogP contribution is -2.10. The van der Waals surface area contributed by atoms with Crippen LogP contribution in [0.15, 0.2) is 231 Å². The zero-order chi connectivity index (χ0) is 38.4. The molecule has 2 heteroatoms. The molecule has 0 amide bonds. The Morgan fingerprint density at radius 3 is 1.34 bits per heavy atom. The van der Waals surface area contributed by atoms with E-state index in [1.807, 2.05) is 0 Å². The van der Waals surface area contributed by atoms with Crippen LogP contribution < -0.4 is 4.90 Å². The molecule has 0 fully saturated rings. The van der Waals surface area contributed by atoms with Crippen LogP contribution in [0.5, 0.6) is 0 Å². The molecule has 0 unspecified atom stereocenters. The number of para-hydroxylation sites is 2. The monoisotopic (exact) mass is 738 g/mol. The van der Waals surface area contributed by atoms with Crippen molar-refractivity contribution in [2.24, 2.45) is 0 Å². The van der Waals surface area contributed by atoms with Gasteiger partial charge in [-0.05, 0) is 134 Å². The molecular weight excluding hydrogens is 701 g/mol. The van der Waals surface area contributed by atoms with Crippen LogP contribution in [-0.2, 0) is 0 Å². The SMILES string of the molecule is c1ccc(-c2ccc(N(c3ccc4ccc(-c5ccc6ccc(-c7ccccc7)cc6c5)cc4c3)c3ccc4c(c3)c3ccccc3n4-c3ccccc3)cc2)cc1. The van der Waals surface area contributed by atoms with Gasteiger partial charge in [0.25, 0.3) is 0 Å². The van der Waals surface area contributed by atoms with E-state index >= 15 is 0 Å². The summed E-state index contributed by atoms with van der Waals surface area (Å²) in [7, 11) is 0. The lowest BCUT2D eigenvalue weighted by molar-refractivity contribution is 1.18. The summed E-state index contributed by atoms with van der Waals surface area (Å²) < 4.78 is 2.38. The van der Waals surface area contributed by atoms with E-state index in [0.717, 1.165) is 22.7 Å². The molecule has 11 aromatic rings. The zero-order valence-electron chi connectivity index (χ0n) is 31.8.